The Kier molecular flexibility index (Phi) is 64.9. The van der Waals surface area contributed by atoms with Crippen LogP contribution in [-0.4, -0.2) is 47.4 Å². The number of unbranched alkanes of at least 4 members (excludes halogenated alkanes) is 53. The summed E-state index contributed by atoms with van der Waals surface area (Å²) in [6, 6.07) is -0.540. The zero-order chi connectivity index (χ0) is 55.0. The van der Waals surface area contributed by atoms with E-state index in [4.69, 9.17) is 4.74 Å². The predicted octanol–water partition coefficient (Wildman–Crippen LogP) is 22.4. The molecule has 0 fully saturated rings. The Balaban J connectivity index is 3.34. The number of hydrogen-bond acceptors (Lipinski definition) is 5. The summed E-state index contributed by atoms with van der Waals surface area (Å²) < 4.78 is 5.51. The van der Waals surface area contributed by atoms with E-state index < -0.39 is 12.1 Å². The Morgan fingerprint density at radius 1 is 0.355 bits per heavy atom. The summed E-state index contributed by atoms with van der Waals surface area (Å²) in [6.45, 7) is 4.99. The molecular formula is C70H137NO5. The first-order valence-electron chi connectivity index (χ1n) is 34.9. The highest BCUT2D eigenvalue weighted by atomic mass is 16.5. The van der Waals surface area contributed by atoms with Crippen LogP contribution < -0.4 is 5.32 Å². The topological polar surface area (TPSA) is 95.9 Å². The Bertz CT molecular complexity index is 1140. The van der Waals surface area contributed by atoms with E-state index in [0.717, 1.165) is 38.5 Å². The normalized spacial score (nSPS) is 12.5. The van der Waals surface area contributed by atoms with Gasteiger partial charge in [-0.1, -0.05) is 347 Å². The van der Waals surface area contributed by atoms with Crippen molar-refractivity contribution in [2.45, 2.75) is 411 Å². The van der Waals surface area contributed by atoms with Gasteiger partial charge in [0.1, 0.15) is 0 Å². The molecule has 0 aromatic heterocycles. The van der Waals surface area contributed by atoms with Crippen LogP contribution in [0.4, 0.5) is 0 Å². The van der Waals surface area contributed by atoms with Crippen molar-refractivity contribution in [2.75, 3.05) is 13.2 Å². The van der Waals surface area contributed by atoms with Crippen LogP contribution in [0.2, 0.25) is 0 Å². The van der Waals surface area contributed by atoms with E-state index in [-0.39, 0.29) is 18.5 Å². The molecule has 0 spiro atoms. The van der Waals surface area contributed by atoms with Crippen molar-refractivity contribution < 1.29 is 24.5 Å². The van der Waals surface area contributed by atoms with Gasteiger partial charge < -0.3 is 20.3 Å². The minimum atomic E-state index is -0.663. The Hall–Kier alpha value is -1.40. The van der Waals surface area contributed by atoms with E-state index in [9.17, 15) is 19.8 Å². The molecular weight excluding hydrogens is 935 g/mol. The van der Waals surface area contributed by atoms with Crippen molar-refractivity contribution >= 4 is 11.9 Å². The van der Waals surface area contributed by atoms with Gasteiger partial charge in [-0.05, 0) is 51.4 Å². The number of rotatable bonds is 66. The lowest BCUT2D eigenvalue weighted by atomic mass is 10.0. The minimum Gasteiger partial charge on any atom is -0.466 e. The summed E-state index contributed by atoms with van der Waals surface area (Å²) in [7, 11) is 0. The molecule has 0 heterocycles. The van der Waals surface area contributed by atoms with Crippen LogP contribution in [-0.2, 0) is 14.3 Å². The molecule has 6 heteroatoms. The van der Waals surface area contributed by atoms with Gasteiger partial charge in [-0.25, -0.2) is 0 Å². The monoisotopic (exact) mass is 1070 g/mol. The molecule has 0 radical (unpaired) electrons. The molecule has 2 unspecified atom stereocenters. The highest BCUT2D eigenvalue weighted by Gasteiger charge is 2.20. The summed E-state index contributed by atoms with van der Waals surface area (Å²) in [5.41, 5.74) is 0. The van der Waals surface area contributed by atoms with Gasteiger partial charge in [0.15, 0.2) is 0 Å². The van der Waals surface area contributed by atoms with Crippen molar-refractivity contribution in [1.82, 2.24) is 5.32 Å². The lowest BCUT2D eigenvalue weighted by molar-refractivity contribution is -0.143. The molecule has 2 atom stereocenters. The van der Waals surface area contributed by atoms with E-state index in [1.165, 1.54) is 327 Å². The van der Waals surface area contributed by atoms with Gasteiger partial charge in [0.2, 0.25) is 5.91 Å². The molecule has 6 nitrogen and oxygen atoms in total. The second-order valence-corrected chi connectivity index (χ2v) is 24.2. The van der Waals surface area contributed by atoms with Crippen LogP contribution in [0.1, 0.15) is 399 Å². The van der Waals surface area contributed by atoms with Crippen molar-refractivity contribution in [3.8, 4) is 0 Å². The molecule has 0 aliphatic heterocycles. The largest absolute Gasteiger partial charge is 0.466 e. The van der Waals surface area contributed by atoms with Gasteiger partial charge in [0.25, 0.3) is 0 Å². The molecule has 0 saturated heterocycles. The quantitative estimate of drug-likeness (QED) is 0.0320. The van der Waals surface area contributed by atoms with E-state index in [2.05, 4.69) is 31.3 Å². The van der Waals surface area contributed by atoms with E-state index >= 15 is 0 Å². The molecule has 3 N–H and O–H groups in total. The third-order valence-electron chi connectivity index (χ3n) is 16.6. The van der Waals surface area contributed by atoms with Gasteiger partial charge in [-0.15, -0.1) is 0 Å². The third kappa shape index (κ3) is 61.8. The first-order valence-corrected chi connectivity index (χ1v) is 34.9. The molecule has 76 heavy (non-hydrogen) atoms. The highest BCUT2D eigenvalue weighted by Crippen LogP contribution is 2.19. The highest BCUT2D eigenvalue weighted by molar-refractivity contribution is 5.76. The maximum absolute atomic E-state index is 12.5. The summed E-state index contributed by atoms with van der Waals surface area (Å²) in [5.74, 6) is -0.0140. The van der Waals surface area contributed by atoms with Crippen LogP contribution in [0, 0.1) is 0 Å². The second kappa shape index (κ2) is 66.1. The Morgan fingerprint density at radius 3 is 0.934 bits per heavy atom. The smallest absolute Gasteiger partial charge is 0.305 e. The predicted molar refractivity (Wildman–Crippen MR) is 333 cm³/mol. The van der Waals surface area contributed by atoms with E-state index in [0.29, 0.717) is 25.9 Å². The fourth-order valence-corrected chi connectivity index (χ4v) is 11.2. The second-order valence-electron chi connectivity index (χ2n) is 24.2. The van der Waals surface area contributed by atoms with Gasteiger partial charge in [0, 0.05) is 12.8 Å². The molecule has 0 bridgehead atoms. The van der Waals surface area contributed by atoms with Crippen molar-refractivity contribution in [2.24, 2.45) is 0 Å². The summed E-state index contributed by atoms with van der Waals surface area (Å²) >= 11 is 0. The van der Waals surface area contributed by atoms with Gasteiger partial charge >= 0.3 is 5.97 Å². The fraction of sp³-hybridized carbons (Fsp3) is 0.943. The Morgan fingerprint density at radius 2 is 0.618 bits per heavy atom. The lowest BCUT2D eigenvalue weighted by Crippen LogP contribution is -2.45. The fourth-order valence-electron chi connectivity index (χ4n) is 11.2. The van der Waals surface area contributed by atoms with Crippen LogP contribution in [0.5, 0.6) is 0 Å². The van der Waals surface area contributed by atoms with Crippen molar-refractivity contribution in [1.29, 1.82) is 0 Å². The molecule has 0 aliphatic carbocycles. The number of esters is 1. The standard InChI is InChI=1S/C70H137NO5/c1-3-5-7-9-11-13-15-17-19-21-28-32-36-40-44-48-52-56-60-64-70(75)76-65-61-57-53-49-45-41-37-33-30-27-25-23-22-24-26-29-31-35-39-43-47-51-55-59-63-69(74)71-67(66-72)68(73)62-58-54-50-46-42-38-34-20-18-16-14-12-10-8-6-4-2/h17,19,67-68,72-73H,3-16,18,20-66H2,1-2H3,(H,71,74)/b19-17-. The number of nitrogens with one attached hydrogen (secondary N) is 1. The van der Waals surface area contributed by atoms with Gasteiger partial charge in [0.05, 0.1) is 25.4 Å². The average molecular weight is 1070 g/mol. The summed E-state index contributed by atoms with van der Waals surface area (Å²) in [6.07, 6.45) is 81.1. The SMILES string of the molecule is CCCCCCCC/C=C\CCCCCCCCCCCC(=O)OCCCCCCCCCCCCCCCCCCCCCCCCCCC(=O)NC(CO)C(O)CCCCCCCCCCCCCCCCCC. The molecule has 1 amide bonds. The van der Waals surface area contributed by atoms with Crippen LogP contribution in [0.15, 0.2) is 12.2 Å². The first-order chi connectivity index (χ1) is 37.5. The maximum atomic E-state index is 12.5. The third-order valence-corrected chi connectivity index (χ3v) is 16.6. The number of aliphatic hydroxyl groups excluding tert-OH is 2. The number of aliphatic hydroxyl groups is 2. The zero-order valence-electron chi connectivity index (χ0n) is 51.8. The van der Waals surface area contributed by atoms with Crippen molar-refractivity contribution in [3.63, 3.8) is 0 Å². The summed E-state index contributed by atoms with van der Waals surface area (Å²) in [4.78, 5) is 24.6. The minimum absolute atomic E-state index is 0.0162. The maximum Gasteiger partial charge on any atom is 0.305 e. The molecule has 0 aromatic rings. The number of ether oxygens (including phenoxy) is 1. The molecule has 452 valence electrons. The van der Waals surface area contributed by atoms with Crippen LogP contribution >= 0.6 is 0 Å². The van der Waals surface area contributed by atoms with Crippen molar-refractivity contribution in [3.05, 3.63) is 12.2 Å². The molecule has 0 saturated carbocycles. The van der Waals surface area contributed by atoms with Gasteiger partial charge in [-0.3, -0.25) is 9.59 Å². The molecule has 0 aliphatic rings. The molecule has 0 rings (SSSR count). The number of allylic oxidation sites excluding steroid dienone is 2. The zero-order valence-corrected chi connectivity index (χ0v) is 51.8. The Labute approximate surface area is 476 Å². The number of hydrogen-bond donors (Lipinski definition) is 3. The van der Waals surface area contributed by atoms with E-state index in [1.54, 1.807) is 0 Å². The molecule has 0 aromatic carbocycles. The number of carbonyl (C=O) groups excluding carboxylic acids is 2. The number of carbonyl (C=O) groups is 2. The first kappa shape index (κ1) is 74.6. The van der Waals surface area contributed by atoms with Gasteiger partial charge in [-0.2, -0.15) is 0 Å². The average Bonchev–Trinajstić information content (AvgIpc) is 3.42. The van der Waals surface area contributed by atoms with Crippen LogP contribution in [0.25, 0.3) is 0 Å². The summed E-state index contributed by atoms with van der Waals surface area (Å²) in [5, 5.41) is 23.3. The number of amides is 1. The van der Waals surface area contributed by atoms with E-state index in [1.807, 2.05) is 0 Å². The van der Waals surface area contributed by atoms with Crippen LogP contribution in [0.3, 0.4) is 0 Å². The lowest BCUT2D eigenvalue weighted by Gasteiger charge is -2.22.